The zero-order valence-electron chi connectivity index (χ0n) is 17.7. The summed E-state index contributed by atoms with van der Waals surface area (Å²) in [6.45, 7) is 2.39. The molecule has 3 aromatic rings. The molecule has 1 heterocycles. The number of carbonyl (C=O) groups is 1. The van der Waals surface area contributed by atoms with E-state index in [2.05, 4.69) is 22.6 Å². The van der Waals surface area contributed by atoms with E-state index < -0.39 is 13.1 Å². The lowest BCUT2D eigenvalue weighted by atomic mass is 9.75. The first-order valence-corrected chi connectivity index (χ1v) is 10.3. The highest BCUT2D eigenvalue weighted by Gasteiger charge is 2.25. The molecule has 162 valence electrons. The second kappa shape index (κ2) is 10.7. The highest BCUT2D eigenvalue weighted by atomic mass is 16.5. The first-order valence-electron chi connectivity index (χ1n) is 10.3. The number of aryl methyl sites for hydroxylation is 2. The zero-order valence-corrected chi connectivity index (χ0v) is 17.7. The van der Waals surface area contributed by atoms with E-state index in [9.17, 15) is 14.8 Å². The van der Waals surface area contributed by atoms with Gasteiger partial charge in [-0.3, -0.25) is 9.48 Å². The smallest absolute Gasteiger partial charge is 0.475 e. The number of rotatable bonds is 10. The molecule has 0 spiro atoms. The van der Waals surface area contributed by atoms with Crippen LogP contribution in [0.5, 0.6) is 5.75 Å². The quantitative estimate of drug-likeness (QED) is 0.429. The van der Waals surface area contributed by atoms with E-state index in [4.69, 9.17) is 4.74 Å². The van der Waals surface area contributed by atoms with Crippen LogP contribution >= 0.6 is 0 Å². The summed E-state index contributed by atoms with van der Waals surface area (Å²) in [4.78, 5) is 12.4. The van der Waals surface area contributed by atoms with Gasteiger partial charge in [0.2, 0.25) is 5.91 Å². The molecule has 9 heteroatoms. The summed E-state index contributed by atoms with van der Waals surface area (Å²) in [5, 5.41) is 30.3. The van der Waals surface area contributed by atoms with Crippen LogP contribution in [-0.2, 0) is 24.2 Å². The van der Waals surface area contributed by atoms with E-state index >= 15 is 0 Å². The fraction of sp³-hybridized carbons (Fsp3) is 0.318. The normalized spacial score (nSPS) is 11.7. The Kier molecular flexibility index (Phi) is 7.80. The molecule has 1 aromatic heterocycles. The van der Waals surface area contributed by atoms with Crippen molar-refractivity contribution in [2.45, 2.75) is 38.7 Å². The van der Waals surface area contributed by atoms with Gasteiger partial charge in [0.05, 0.1) is 25.8 Å². The number of carbonyl (C=O) groups excluding carboxylic acids is 1. The molecular formula is C22H27BN4O4. The van der Waals surface area contributed by atoms with Crippen molar-refractivity contribution < 1.29 is 19.6 Å². The largest absolute Gasteiger partial charge is 0.497 e. The van der Waals surface area contributed by atoms with Gasteiger partial charge in [0.25, 0.3) is 0 Å². The second-order valence-corrected chi connectivity index (χ2v) is 7.31. The second-order valence-electron chi connectivity index (χ2n) is 7.31. The molecule has 3 N–H and O–H groups in total. The van der Waals surface area contributed by atoms with E-state index in [0.717, 1.165) is 28.9 Å². The molecule has 0 radical (unpaired) electrons. The van der Waals surface area contributed by atoms with Crippen LogP contribution in [0.25, 0.3) is 11.3 Å². The maximum absolute atomic E-state index is 12.4. The van der Waals surface area contributed by atoms with Gasteiger partial charge < -0.3 is 20.1 Å². The molecule has 0 bridgehead atoms. The molecule has 31 heavy (non-hydrogen) atoms. The summed E-state index contributed by atoms with van der Waals surface area (Å²) in [5.74, 6) is -0.314. The predicted molar refractivity (Wildman–Crippen MR) is 118 cm³/mol. The Morgan fingerprint density at radius 3 is 2.61 bits per heavy atom. The minimum absolute atomic E-state index is 0.142. The van der Waals surface area contributed by atoms with Crippen molar-refractivity contribution in [3.63, 3.8) is 0 Å². The van der Waals surface area contributed by atoms with E-state index in [1.807, 2.05) is 48.5 Å². The number of benzene rings is 2. The van der Waals surface area contributed by atoms with Crippen molar-refractivity contribution >= 4 is 13.0 Å². The number of nitrogens with one attached hydrogen (secondary N) is 1. The lowest BCUT2D eigenvalue weighted by Gasteiger charge is -2.18. The van der Waals surface area contributed by atoms with Crippen molar-refractivity contribution in [3.8, 4) is 17.0 Å². The van der Waals surface area contributed by atoms with Gasteiger partial charge in [-0.25, -0.2) is 0 Å². The molecule has 1 atom stereocenters. The predicted octanol–water partition coefficient (Wildman–Crippen LogP) is 1.65. The van der Waals surface area contributed by atoms with Crippen LogP contribution in [0.3, 0.4) is 0 Å². The average Bonchev–Trinajstić information content (AvgIpc) is 3.26. The molecule has 0 unspecified atom stereocenters. The Morgan fingerprint density at radius 2 is 1.94 bits per heavy atom. The third kappa shape index (κ3) is 6.40. The minimum Gasteiger partial charge on any atom is -0.497 e. The van der Waals surface area contributed by atoms with Crippen LogP contribution in [0.1, 0.15) is 24.5 Å². The van der Waals surface area contributed by atoms with Gasteiger partial charge in [0.15, 0.2) is 0 Å². The van der Waals surface area contributed by atoms with Crippen molar-refractivity contribution in [3.05, 3.63) is 65.9 Å². The Labute approximate surface area is 182 Å². The number of hydrogen-bond donors (Lipinski definition) is 3. The zero-order chi connectivity index (χ0) is 22.2. The number of ether oxygens (including phenoxy) is 1. The first kappa shape index (κ1) is 22.5. The summed E-state index contributed by atoms with van der Waals surface area (Å²) in [6.07, 6.45) is 3.14. The summed E-state index contributed by atoms with van der Waals surface area (Å²) >= 11 is 0. The van der Waals surface area contributed by atoms with Gasteiger partial charge in [-0.1, -0.05) is 36.4 Å². The van der Waals surface area contributed by atoms with Gasteiger partial charge in [-0.15, -0.1) is 5.10 Å². The molecule has 1 amide bonds. The third-order valence-corrected chi connectivity index (χ3v) is 5.05. The Bertz CT molecular complexity index is 991. The molecule has 0 saturated heterocycles. The molecule has 0 aliphatic carbocycles. The van der Waals surface area contributed by atoms with E-state index in [0.29, 0.717) is 18.7 Å². The lowest BCUT2D eigenvalue weighted by molar-refractivity contribution is -0.121. The Balaban J connectivity index is 1.55. The van der Waals surface area contributed by atoms with Gasteiger partial charge in [0.1, 0.15) is 11.4 Å². The highest BCUT2D eigenvalue weighted by molar-refractivity contribution is 6.43. The van der Waals surface area contributed by atoms with Crippen LogP contribution in [0, 0.1) is 0 Å². The summed E-state index contributed by atoms with van der Waals surface area (Å²) in [6, 6.07) is 15.3. The number of hydrogen-bond acceptors (Lipinski definition) is 6. The lowest BCUT2D eigenvalue weighted by Crippen LogP contribution is -2.48. The minimum atomic E-state index is -1.65. The number of methoxy groups -OCH3 is 1. The van der Waals surface area contributed by atoms with Gasteiger partial charge in [-0.05, 0) is 48.2 Å². The van der Waals surface area contributed by atoms with Gasteiger partial charge in [0, 0.05) is 12.0 Å². The fourth-order valence-electron chi connectivity index (χ4n) is 3.26. The fourth-order valence-corrected chi connectivity index (χ4v) is 3.26. The Hall–Kier alpha value is -3.17. The van der Waals surface area contributed by atoms with Gasteiger partial charge >= 0.3 is 7.12 Å². The van der Waals surface area contributed by atoms with E-state index in [-0.39, 0.29) is 12.3 Å². The maximum Gasteiger partial charge on any atom is 0.475 e. The molecule has 0 aliphatic heterocycles. The average molecular weight is 422 g/mol. The summed E-state index contributed by atoms with van der Waals surface area (Å²) < 4.78 is 6.74. The molecule has 3 rings (SSSR count). The molecule has 0 aliphatic rings. The molecule has 0 fully saturated rings. The van der Waals surface area contributed by atoms with Crippen LogP contribution < -0.4 is 10.1 Å². The number of aromatic nitrogens is 3. The Morgan fingerprint density at radius 1 is 1.19 bits per heavy atom. The van der Waals surface area contributed by atoms with Crippen LogP contribution in [-0.4, -0.2) is 51.1 Å². The van der Waals surface area contributed by atoms with Crippen LogP contribution in [0.2, 0.25) is 0 Å². The van der Waals surface area contributed by atoms with Crippen molar-refractivity contribution in [1.29, 1.82) is 0 Å². The van der Waals surface area contributed by atoms with Crippen LogP contribution in [0.15, 0.2) is 54.7 Å². The molecule has 2 aromatic carbocycles. The number of nitrogens with zero attached hydrogens (tertiary/aromatic N) is 3. The highest BCUT2D eigenvalue weighted by Crippen LogP contribution is 2.20. The van der Waals surface area contributed by atoms with Crippen molar-refractivity contribution in [2.75, 3.05) is 7.11 Å². The van der Waals surface area contributed by atoms with Crippen molar-refractivity contribution in [2.24, 2.45) is 0 Å². The van der Waals surface area contributed by atoms with E-state index in [1.165, 1.54) is 0 Å². The van der Waals surface area contributed by atoms with Crippen LogP contribution in [0.4, 0.5) is 0 Å². The monoisotopic (exact) mass is 422 g/mol. The molecule has 0 saturated carbocycles. The van der Waals surface area contributed by atoms with Crippen molar-refractivity contribution in [1.82, 2.24) is 20.3 Å². The first-order chi connectivity index (χ1) is 15.0. The molecule has 8 nitrogen and oxygen atoms in total. The SMILES string of the molecule is CCc1cccc(C[C@H](NC(=O)CCn2cc(-c3ccc(OC)cc3)nn2)B(O)O)c1. The summed E-state index contributed by atoms with van der Waals surface area (Å²) in [7, 11) is -0.0406. The molecular weight excluding hydrogens is 395 g/mol. The topological polar surface area (TPSA) is 110 Å². The van der Waals surface area contributed by atoms with E-state index in [1.54, 1.807) is 18.0 Å². The number of amides is 1. The standard InChI is InChI=1S/C22H27BN4O4/c1-3-16-5-4-6-17(13-16)14-21(23(29)30)24-22(28)11-12-27-15-20(25-26-27)18-7-9-19(31-2)10-8-18/h4-10,13,15,21,29-30H,3,11-12,14H2,1-2H3,(H,24,28)/t21-/m0/s1. The third-order valence-electron chi connectivity index (χ3n) is 5.05. The summed E-state index contributed by atoms with van der Waals surface area (Å²) in [5.41, 5.74) is 3.70. The van der Waals surface area contributed by atoms with Gasteiger partial charge in [-0.2, -0.15) is 0 Å². The maximum atomic E-state index is 12.4.